The molecule has 0 N–H and O–H groups in total. The van der Waals surface area contributed by atoms with Gasteiger partial charge in [-0.2, -0.15) is 0 Å². The standard InChI is InChI=1S/C10H16O3S2/c1-7-8(3-4-12-7)13-9(11)10-14-5-2-6-15-10/h7-8,10H,2-6H2,1H3. The number of hydrogen-bond acceptors (Lipinski definition) is 5. The van der Waals surface area contributed by atoms with Crippen molar-refractivity contribution in [3.63, 3.8) is 0 Å². The van der Waals surface area contributed by atoms with Crippen LogP contribution in [-0.4, -0.2) is 40.9 Å². The van der Waals surface area contributed by atoms with Crippen molar-refractivity contribution in [1.82, 2.24) is 0 Å². The minimum atomic E-state index is -0.0629. The van der Waals surface area contributed by atoms with Gasteiger partial charge in [-0.1, -0.05) is 0 Å². The Hall–Kier alpha value is 0.130. The summed E-state index contributed by atoms with van der Waals surface area (Å²) in [5, 5.41) is 0. The van der Waals surface area contributed by atoms with E-state index < -0.39 is 0 Å². The summed E-state index contributed by atoms with van der Waals surface area (Å²) in [5.74, 6) is 2.08. The van der Waals surface area contributed by atoms with E-state index in [4.69, 9.17) is 9.47 Å². The van der Waals surface area contributed by atoms with E-state index in [2.05, 4.69) is 0 Å². The minimum absolute atomic E-state index is 0.00782. The third kappa shape index (κ3) is 3.04. The Balaban J connectivity index is 1.80. The Morgan fingerprint density at radius 1 is 1.40 bits per heavy atom. The zero-order valence-electron chi connectivity index (χ0n) is 8.81. The van der Waals surface area contributed by atoms with Crippen LogP contribution in [0.3, 0.4) is 0 Å². The lowest BCUT2D eigenvalue weighted by Gasteiger charge is -2.22. The van der Waals surface area contributed by atoms with Crippen LogP contribution in [0.4, 0.5) is 0 Å². The van der Waals surface area contributed by atoms with Crippen molar-refractivity contribution >= 4 is 29.5 Å². The predicted molar refractivity (Wildman–Crippen MR) is 63.2 cm³/mol. The molecule has 15 heavy (non-hydrogen) atoms. The Kier molecular flexibility index (Phi) is 4.22. The molecule has 2 saturated heterocycles. The van der Waals surface area contributed by atoms with Gasteiger partial charge in [0.1, 0.15) is 10.7 Å². The van der Waals surface area contributed by atoms with E-state index in [1.54, 1.807) is 23.5 Å². The molecule has 2 atom stereocenters. The fourth-order valence-corrected chi connectivity index (χ4v) is 4.27. The maximum absolute atomic E-state index is 11.8. The molecule has 2 heterocycles. The summed E-state index contributed by atoms with van der Waals surface area (Å²) in [7, 11) is 0. The molecule has 2 aliphatic heterocycles. The summed E-state index contributed by atoms with van der Waals surface area (Å²) >= 11 is 3.41. The first-order valence-electron chi connectivity index (χ1n) is 5.32. The van der Waals surface area contributed by atoms with Crippen molar-refractivity contribution in [2.24, 2.45) is 0 Å². The molecule has 0 amide bonds. The molecule has 2 fully saturated rings. The lowest BCUT2D eigenvalue weighted by molar-refractivity contribution is -0.148. The minimum Gasteiger partial charge on any atom is -0.458 e. The van der Waals surface area contributed by atoms with Crippen LogP contribution in [0.25, 0.3) is 0 Å². The first-order valence-corrected chi connectivity index (χ1v) is 7.42. The molecule has 0 bridgehead atoms. The molecule has 86 valence electrons. The van der Waals surface area contributed by atoms with Gasteiger partial charge < -0.3 is 9.47 Å². The number of rotatable bonds is 2. The maximum Gasteiger partial charge on any atom is 0.329 e. The molecular weight excluding hydrogens is 232 g/mol. The molecule has 2 aliphatic rings. The fraction of sp³-hybridized carbons (Fsp3) is 0.900. The van der Waals surface area contributed by atoms with Crippen LogP contribution < -0.4 is 0 Å². The number of hydrogen-bond donors (Lipinski definition) is 0. The van der Waals surface area contributed by atoms with Crippen LogP contribution >= 0.6 is 23.5 Å². The van der Waals surface area contributed by atoms with Crippen molar-refractivity contribution < 1.29 is 14.3 Å². The fourth-order valence-electron chi connectivity index (χ4n) is 1.70. The van der Waals surface area contributed by atoms with Gasteiger partial charge >= 0.3 is 5.97 Å². The summed E-state index contributed by atoms with van der Waals surface area (Å²) in [4.78, 5) is 11.8. The van der Waals surface area contributed by atoms with E-state index in [1.807, 2.05) is 6.92 Å². The molecule has 0 radical (unpaired) electrons. The van der Waals surface area contributed by atoms with Gasteiger partial charge in [-0.3, -0.25) is 0 Å². The molecule has 0 aromatic rings. The van der Waals surface area contributed by atoms with Gasteiger partial charge in [0.05, 0.1) is 12.7 Å². The molecular formula is C10H16O3S2. The van der Waals surface area contributed by atoms with E-state index >= 15 is 0 Å². The Morgan fingerprint density at radius 2 is 2.13 bits per heavy atom. The topological polar surface area (TPSA) is 35.5 Å². The maximum atomic E-state index is 11.8. The average molecular weight is 248 g/mol. The van der Waals surface area contributed by atoms with E-state index in [9.17, 15) is 4.79 Å². The Bertz CT molecular complexity index is 229. The Labute approximate surface area is 98.6 Å². The largest absolute Gasteiger partial charge is 0.458 e. The highest BCUT2D eigenvalue weighted by atomic mass is 32.2. The van der Waals surface area contributed by atoms with Crippen LogP contribution in [-0.2, 0) is 14.3 Å². The number of thioether (sulfide) groups is 2. The highest BCUT2D eigenvalue weighted by Gasteiger charge is 2.31. The second kappa shape index (κ2) is 5.46. The van der Waals surface area contributed by atoms with Gasteiger partial charge in [0.2, 0.25) is 0 Å². The zero-order chi connectivity index (χ0) is 10.7. The summed E-state index contributed by atoms with van der Waals surface area (Å²) < 4.78 is 10.8. The monoisotopic (exact) mass is 248 g/mol. The van der Waals surface area contributed by atoms with Crippen LogP contribution in [0.1, 0.15) is 19.8 Å². The predicted octanol–water partition coefficient (Wildman–Crippen LogP) is 1.90. The lowest BCUT2D eigenvalue weighted by Crippen LogP contribution is -2.30. The number of carbonyl (C=O) groups is 1. The van der Waals surface area contributed by atoms with Gasteiger partial charge in [-0.05, 0) is 24.9 Å². The van der Waals surface area contributed by atoms with Crippen molar-refractivity contribution in [2.75, 3.05) is 18.1 Å². The molecule has 5 heteroatoms. The van der Waals surface area contributed by atoms with Crippen LogP contribution in [0, 0.1) is 0 Å². The molecule has 2 rings (SSSR count). The Morgan fingerprint density at radius 3 is 2.73 bits per heavy atom. The molecule has 0 aromatic heterocycles. The van der Waals surface area contributed by atoms with Gasteiger partial charge in [-0.25, -0.2) is 4.79 Å². The van der Waals surface area contributed by atoms with Crippen molar-refractivity contribution in [3.05, 3.63) is 0 Å². The van der Waals surface area contributed by atoms with Gasteiger partial charge in [-0.15, -0.1) is 23.5 Å². The van der Waals surface area contributed by atoms with E-state index in [0.29, 0.717) is 6.61 Å². The lowest BCUT2D eigenvalue weighted by atomic mass is 10.2. The molecule has 0 aromatic carbocycles. The summed E-state index contributed by atoms with van der Waals surface area (Å²) in [5.41, 5.74) is 0. The molecule has 0 aliphatic carbocycles. The zero-order valence-corrected chi connectivity index (χ0v) is 10.4. The third-order valence-electron chi connectivity index (χ3n) is 2.59. The SMILES string of the molecule is CC1OCCC1OC(=O)C1SCCCS1. The smallest absolute Gasteiger partial charge is 0.329 e. The van der Waals surface area contributed by atoms with Gasteiger partial charge in [0.25, 0.3) is 0 Å². The first kappa shape index (κ1) is 11.6. The van der Waals surface area contributed by atoms with Crippen LogP contribution in [0.2, 0.25) is 0 Å². The number of ether oxygens (including phenoxy) is 2. The summed E-state index contributed by atoms with van der Waals surface area (Å²) in [6.45, 7) is 2.68. The molecule has 2 unspecified atom stereocenters. The number of esters is 1. The molecule has 0 spiro atoms. The molecule has 0 saturated carbocycles. The number of carbonyl (C=O) groups excluding carboxylic acids is 1. The first-order chi connectivity index (χ1) is 7.27. The highest BCUT2D eigenvalue weighted by molar-refractivity contribution is 8.18. The second-order valence-corrected chi connectivity index (χ2v) is 6.49. The summed E-state index contributed by atoms with van der Waals surface area (Å²) in [6.07, 6.45) is 2.07. The average Bonchev–Trinajstić information content (AvgIpc) is 2.66. The quantitative estimate of drug-likeness (QED) is 0.698. The van der Waals surface area contributed by atoms with Crippen molar-refractivity contribution in [2.45, 2.75) is 36.6 Å². The normalized spacial score (nSPS) is 32.9. The van der Waals surface area contributed by atoms with Crippen LogP contribution in [0.15, 0.2) is 0 Å². The van der Waals surface area contributed by atoms with E-state index in [1.165, 1.54) is 6.42 Å². The summed E-state index contributed by atoms with van der Waals surface area (Å²) in [6, 6.07) is 0. The van der Waals surface area contributed by atoms with Gasteiger partial charge in [0.15, 0.2) is 0 Å². The second-order valence-electron chi connectivity index (χ2n) is 3.77. The van der Waals surface area contributed by atoms with E-state index in [0.717, 1.165) is 17.9 Å². The van der Waals surface area contributed by atoms with Crippen molar-refractivity contribution in [1.29, 1.82) is 0 Å². The van der Waals surface area contributed by atoms with Gasteiger partial charge in [0, 0.05) is 6.42 Å². The van der Waals surface area contributed by atoms with Crippen LogP contribution in [0.5, 0.6) is 0 Å². The van der Waals surface area contributed by atoms with E-state index in [-0.39, 0.29) is 22.8 Å². The molecule has 3 nitrogen and oxygen atoms in total. The highest BCUT2D eigenvalue weighted by Crippen LogP contribution is 2.32. The third-order valence-corrected chi connectivity index (χ3v) is 5.45. The van der Waals surface area contributed by atoms with Crippen molar-refractivity contribution in [3.8, 4) is 0 Å².